The lowest BCUT2D eigenvalue weighted by atomic mass is 10.1. The Labute approximate surface area is 112 Å². The van der Waals surface area contributed by atoms with E-state index in [1.807, 2.05) is 0 Å². The Hall–Kier alpha value is -1.34. The molecule has 0 saturated heterocycles. The first-order chi connectivity index (χ1) is 8.69. The van der Waals surface area contributed by atoms with Crippen LogP contribution in [0.15, 0.2) is 0 Å². The fraction of sp³-hybridized carbons (Fsp3) is 0.833. The lowest BCUT2D eigenvalue weighted by Crippen LogP contribution is -2.44. The Morgan fingerprint density at radius 2 is 1.84 bits per heavy atom. The summed E-state index contributed by atoms with van der Waals surface area (Å²) >= 11 is 0. The second-order valence-electron chi connectivity index (χ2n) is 5.14. The predicted octanol–water partition coefficient (Wildman–Crippen LogP) is 0.186. The molecule has 0 rings (SSSR count). The van der Waals surface area contributed by atoms with Crippen molar-refractivity contribution < 1.29 is 29.3 Å². The van der Waals surface area contributed by atoms with Crippen molar-refractivity contribution in [2.45, 2.75) is 51.4 Å². The van der Waals surface area contributed by atoms with Crippen molar-refractivity contribution in [3.05, 3.63) is 0 Å². The van der Waals surface area contributed by atoms with Crippen molar-refractivity contribution in [2.75, 3.05) is 13.7 Å². The van der Waals surface area contributed by atoms with Crippen molar-refractivity contribution in [3.63, 3.8) is 0 Å². The van der Waals surface area contributed by atoms with Crippen LogP contribution < -0.4 is 5.32 Å². The molecule has 0 radical (unpaired) electrons. The molecule has 7 heteroatoms. The van der Waals surface area contributed by atoms with Crippen LogP contribution in [-0.4, -0.2) is 53.7 Å². The van der Waals surface area contributed by atoms with E-state index in [2.05, 4.69) is 10.1 Å². The summed E-state index contributed by atoms with van der Waals surface area (Å²) in [5, 5.41) is 20.3. The molecule has 0 saturated carbocycles. The largest absolute Gasteiger partial charge is 0.467 e. The molecule has 0 spiro atoms. The molecule has 2 atom stereocenters. The average Bonchev–Trinajstić information content (AvgIpc) is 2.30. The van der Waals surface area contributed by atoms with Gasteiger partial charge < -0.3 is 25.0 Å². The first kappa shape index (κ1) is 17.7. The number of hydrogen-bond acceptors (Lipinski definition) is 6. The van der Waals surface area contributed by atoms with Gasteiger partial charge in [0.2, 0.25) is 0 Å². The Kier molecular flexibility index (Phi) is 7.40. The molecule has 0 heterocycles. The van der Waals surface area contributed by atoms with Crippen LogP contribution in [-0.2, 0) is 14.3 Å². The van der Waals surface area contributed by atoms with E-state index in [0.717, 1.165) is 0 Å². The molecule has 112 valence electrons. The number of ether oxygens (including phenoxy) is 2. The number of carbonyl (C=O) groups excluding carboxylic acids is 2. The summed E-state index contributed by atoms with van der Waals surface area (Å²) in [5.74, 6) is -0.629. The first-order valence-electron chi connectivity index (χ1n) is 6.06. The Morgan fingerprint density at radius 3 is 2.26 bits per heavy atom. The zero-order valence-corrected chi connectivity index (χ0v) is 11.8. The third-order valence-electron chi connectivity index (χ3n) is 2.18. The highest BCUT2D eigenvalue weighted by atomic mass is 16.6. The highest BCUT2D eigenvalue weighted by Crippen LogP contribution is 2.09. The van der Waals surface area contributed by atoms with E-state index < -0.39 is 36.4 Å². The molecule has 1 amide bonds. The maximum atomic E-state index is 11.6. The van der Waals surface area contributed by atoms with Gasteiger partial charge in [-0.25, -0.2) is 9.59 Å². The van der Waals surface area contributed by atoms with E-state index in [1.165, 1.54) is 7.11 Å². The molecule has 0 aromatic rings. The number of carbonyl (C=O) groups is 2. The van der Waals surface area contributed by atoms with Gasteiger partial charge in [-0.15, -0.1) is 0 Å². The van der Waals surface area contributed by atoms with Crippen LogP contribution in [0.3, 0.4) is 0 Å². The average molecular weight is 277 g/mol. The van der Waals surface area contributed by atoms with Crippen LogP contribution in [0.2, 0.25) is 0 Å². The number of aliphatic hydroxyl groups is 2. The lowest BCUT2D eigenvalue weighted by Gasteiger charge is -2.23. The quantitative estimate of drug-likeness (QED) is 0.598. The summed E-state index contributed by atoms with van der Waals surface area (Å²) in [5.41, 5.74) is -0.671. The standard InChI is InChI=1S/C12H23NO6/c1-12(2,3)19-11(17)13-9(10(16)18-4)6-5-8(15)7-14/h8-9,14-15H,5-7H2,1-4H3,(H,13,17)/t8-,9-/m0/s1. The molecule has 0 fully saturated rings. The fourth-order valence-electron chi connectivity index (χ4n) is 1.29. The van der Waals surface area contributed by atoms with Crippen LogP contribution in [0.25, 0.3) is 0 Å². The first-order valence-corrected chi connectivity index (χ1v) is 6.06. The van der Waals surface area contributed by atoms with E-state index in [-0.39, 0.29) is 12.8 Å². The smallest absolute Gasteiger partial charge is 0.408 e. The molecule has 0 aromatic carbocycles. The number of hydrogen-bond donors (Lipinski definition) is 3. The number of nitrogens with one attached hydrogen (secondary N) is 1. The molecule has 19 heavy (non-hydrogen) atoms. The third-order valence-corrected chi connectivity index (χ3v) is 2.18. The van der Waals surface area contributed by atoms with Gasteiger partial charge in [-0.1, -0.05) is 0 Å². The molecule has 3 N–H and O–H groups in total. The molecule has 0 bridgehead atoms. The van der Waals surface area contributed by atoms with E-state index in [4.69, 9.17) is 9.84 Å². The van der Waals surface area contributed by atoms with Gasteiger partial charge >= 0.3 is 12.1 Å². The fourth-order valence-corrected chi connectivity index (χ4v) is 1.29. The summed E-state index contributed by atoms with van der Waals surface area (Å²) in [7, 11) is 1.20. The second-order valence-corrected chi connectivity index (χ2v) is 5.14. The molecular weight excluding hydrogens is 254 g/mol. The third kappa shape index (κ3) is 8.39. The number of amides is 1. The lowest BCUT2D eigenvalue weighted by molar-refractivity contribution is -0.143. The zero-order chi connectivity index (χ0) is 15.1. The summed E-state index contributed by atoms with van der Waals surface area (Å²) in [6.45, 7) is 4.71. The molecular formula is C12H23NO6. The van der Waals surface area contributed by atoms with Crippen LogP contribution in [0.5, 0.6) is 0 Å². The van der Waals surface area contributed by atoms with E-state index in [1.54, 1.807) is 20.8 Å². The molecule has 0 unspecified atom stereocenters. The molecule has 0 aromatic heterocycles. The minimum Gasteiger partial charge on any atom is -0.467 e. The van der Waals surface area contributed by atoms with Gasteiger partial charge in [-0.05, 0) is 33.6 Å². The van der Waals surface area contributed by atoms with Crippen LogP contribution in [0.4, 0.5) is 4.79 Å². The minimum absolute atomic E-state index is 0.146. The number of rotatable bonds is 6. The highest BCUT2D eigenvalue weighted by Gasteiger charge is 2.25. The second kappa shape index (κ2) is 7.96. The number of esters is 1. The van der Waals surface area contributed by atoms with E-state index in [9.17, 15) is 14.7 Å². The number of alkyl carbamates (subject to hydrolysis) is 1. The Balaban J connectivity index is 4.43. The molecule has 0 aliphatic carbocycles. The van der Waals surface area contributed by atoms with Gasteiger partial charge in [0.1, 0.15) is 11.6 Å². The number of methoxy groups -OCH3 is 1. The van der Waals surface area contributed by atoms with E-state index in [0.29, 0.717) is 0 Å². The Morgan fingerprint density at radius 1 is 1.26 bits per heavy atom. The predicted molar refractivity (Wildman–Crippen MR) is 67.5 cm³/mol. The summed E-state index contributed by atoms with van der Waals surface area (Å²) in [6, 6.07) is -0.916. The minimum atomic E-state index is -0.937. The maximum absolute atomic E-state index is 11.6. The van der Waals surface area contributed by atoms with Crippen molar-refractivity contribution in [2.24, 2.45) is 0 Å². The van der Waals surface area contributed by atoms with Crippen molar-refractivity contribution in [1.29, 1.82) is 0 Å². The van der Waals surface area contributed by atoms with Gasteiger partial charge in [0.15, 0.2) is 0 Å². The van der Waals surface area contributed by atoms with Gasteiger partial charge in [0, 0.05) is 0 Å². The highest BCUT2D eigenvalue weighted by molar-refractivity contribution is 5.81. The normalized spacial score (nSPS) is 14.4. The summed E-state index contributed by atoms with van der Waals surface area (Å²) in [6.07, 6.45) is -1.37. The molecule has 0 aliphatic heterocycles. The monoisotopic (exact) mass is 277 g/mol. The number of aliphatic hydroxyl groups excluding tert-OH is 2. The zero-order valence-electron chi connectivity index (χ0n) is 11.8. The molecule has 0 aliphatic rings. The van der Waals surface area contributed by atoms with Crippen molar-refractivity contribution >= 4 is 12.1 Å². The van der Waals surface area contributed by atoms with Gasteiger partial charge in [-0.3, -0.25) is 0 Å². The van der Waals surface area contributed by atoms with Crippen molar-refractivity contribution in [1.82, 2.24) is 5.32 Å². The van der Waals surface area contributed by atoms with Gasteiger partial charge in [-0.2, -0.15) is 0 Å². The summed E-state index contributed by atoms with van der Waals surface area (Å²) in [4.78, 5) is 23.0. The van der Waals surface area contributed by atoms with Crippen LogP contribution in [0.1, 0.15) is 33.6 Å². The SMILES string of the molecule is COC(=O)[C@H](CC[C@H](O)CO)NC(=O)OC(C)(C)C. The summed E-state index contributed by atoms with van der Waals surface area (Å²) < 4.78 is 9.58. The molecule has 7 nitrogen and oxygen atoms in total. The van der Waals surface area contributed by atoms with Crippen molar-refractivity contribution in [3.8, 4) is 0 Å². The van der Waals surface area contributed by atoms with E-state index >= 15 is 0 Å². The maximum Gasteiger partial charge on any atom is 0.408 e. The van der Waals surface area contributed by atoms with Crippen LogP contribution in [0, 0.1) is 0 Å². The van der Waals surface area contributed by atoms with Gasteiger partial charge in [0.05, 0.1) is 19.8 Å². The topological polar surface area (TPSA) is 105 Å². The Bertz CT molecular complexity index is 299. The van der Waals surface area contributed by atoms with Crippen LogP contribution >= 0.6 is 0 Å². The van der Waals surface area contributed by atoms with Gasteiger partial charge in [0.25, 0.3) is 0 Å².